The fraction of sp³-hybridized carbons (Fsp3) is 0.793. The maximum absolute atomic E-state index is 3.90. The quantitative estimate of drug-likeness (QED) is 0.222. The van der Waals surface area contributed by atoms with E-state index in [9.17, 15) is 0 Å². The van der Waals surface area contributed by atoms with Gasteiger partial charge in [0.2, 0.25) is 0 Å². The molecule has 0 atom stereocenters. The molecule has 0 radical (unpaired) electrons. The second kappa shape index (κ2) is 15.9. The van der Waals surface area contributed by atoms with Gasteiger partial charge in [-0.3, -0.25) is 0 Å². The summed E-state index contributed by atoms with van der Waals surface area (Å²) in [5, 5.41) is 3.90. The average molecular weight is 416 g/mol. The Labute approximate surface area is 189 Å². The van der Waals surface area contributed by atoms with Crippen LogP contribution in [0.5, 0.6) is 0 Å². The first-order valence-corrected chi connectivity index (χ1v) is 13.2. The Morgan fingerprint density at radius 3 is 1.40 bits per heavy atom. The molecule has 0 aliphatic rings. The summed E-state index contributed by atoms with van der Waals surface area (Å²) in [6, 6.07) is 10.8. The molecule has 0 saturated carbocycles. The molecule has 30 heavy (non-hydrogen) atoms. The number of hydrogen-bond donors (Lipinski definition) is 1. The highest BCUT2D eigenvalue weighted by Gasteiger charge is 2.28. The Bertz CT molecular complexity index is 502. The van der Waals surface area contributed by atoms with Crippen molar-refractivity contribution in [1.82, 2.24) is 5.32 Å². The van der Waals surface area contributed by atoms with Crippen LogP contribution in [-0.2, 0) is 5.54 Å². The zero-order valence-electron chi connectivity index (χ0n) is 21.2. The van der Waals surface area contributed by atoms with Crippen LogP contribution in [0.3, 0.4) is 0 Å². The van der Waals surface area contributed by atoms with Crippen molar-refractivity contribution in [2.75, 3.05) is 0 Å². The lowest BCUT2D eigenvalue weighted by molar-refractivity contribution is 0.248. The lowest BCUT2D eigenvalue weighted by atomic mass is 9.88. The molecule has 0 fully saturated rings. The van der Waals surface area contributed by atoms with Crippen molar-refractivity contribution in [1.29, 1.82) is 0 Å². The van der Waals surface area contributed by atoms with Gasteiger partial charge in [0.15, 0.2) is 0 Å². The fourth-order valence-corrected chi connectivity index (χ4v) is 4.77. The standard InChI is InChI=1S/C29H53N/c1-6-7-8-9-10-11-12-13-14-15-16-17-18-19-23-26-28(2,3)30-29(4,5)27-24-21-20-22-25-27/h20-22,24-25,30H,6-19,23,26H2,1-5H3. The van der Waals surface area contributed by atoms with E-state index in [1.807, 2.05) is 0 Å². The van der Waals surface area contributed by atoms with E-state index in [0.717, 1.165) is 0 Å². The number of nitrogens with one attached hydrogen (secondary N) is 1. The average Bonchev–Trinajstić information content (AvgIpc) is 2.71. The molecule has 1 aromatic rings. The maximum atomic E-state index is 3.90. The summed E-state index contributed by atoms with van der Waals surface area (Å²) >= 11 is 0. The fourth-order valence-electron chi connectivity index (χ4n) is 4.77. The third-order valence-electron chi connectivity index (χ3n) is 6.55. The molecular weight excluding hydrogens is 362 g/mol. The Hall–Kier alpha value is -0.820. The highest BCUT2D eigenvalue weighted by molar-refractivity contribution is 5.23. The van der Waals surface area contributed by atoms with E-state index in [0.29, 0.717) is 0 Å². The minimum absolute atomic E-state index is 0.0142. The first kappa shape index (κ1) is 27.2. The minimum atomic E-state index is 0.0142. The number of hydrogen-bond acceptors (Lipinski definition) is 1. The van der Waals surface area contributed by atoms with Gasteiger partial charge in [0.25, 0.3) is 0 Å². The second-order valence-corrected chi connectivity index (χ2v) is 10.7. The van der Waals surface area contributed by atoms with E-state index in [1.165, 1.54) is 108 Å². The third-order valence-corrected chi connectivity index (χ3v) is 6.55. The van der Waals surface area contributed by atoms with Crippen LogP contribution in [0.2, 0.25) is 0 Å². The van der Waals surface area contributed by atoms with Crippen molar-refractivity contribution in [3.8, 4) is 0 Å². The minimum Gasteiger partial charge on any atom is -0.303 e. The van der Waals surface area contributed by atoms with Gasteiger partial charge in [0, 0.05) is 11.1 Å². The first-order chi connectivity index (χ1) is 14.4. The smallest absolute Gasteiger partial charge is 0.0381 e. The van der Waals surface area contributed by atoms with E-state index in [1.54, 1.807) is 0 Å². The maximum Gasteiger partial charge on any atom is 0.0381 e. The molecule has 0 amide bonds. The summed E-state index contributed by atoms with van der Waals surface area (Å²) in [5.41, 5.74) is 1.56. The molecule has 1 aromatic carbocycles. The molecule has 0 heterocycles. The van der Waals surface area contributed by atoms with Gasteiger partial charge in [-0.2, -0.15) is 0 Å². The van der Waals surface area contributed by atoms with Gasteiger partial charge in [0.05, 0.1) is 0 Å². The molecule has 0 saturated heterocycles. The van der Waals surface area contributed by atoms with Gasteiger partial charge < -0.3 is 5.32 Å². The summed E-state index contributed by atoms with van der Waals surface area (Å²) in [6.07, 6.45) is 22.7. The van der Waals surface area contributed by atoms with E-state index < -0.39 is 0 Å². The molecule has 1 heteroatoms. The van der Waals surface area contributed by atoms with Crippen molar-refractivity contribution in [3.63, 3.8) is 0 Å². The van der Waals surface area contributed by atoms with Crippen molar-refractivity contribution in [3.05, 3.63) is 35.9 Å². The third kappa shape index (κ3) is 13.5. The second-order valence-electron chi connectivity index (χ2n) is 10.7. The van der Waals surface area contributed by atoms with Crippen LogP contribution in [0.4, 0.5) is 0 Å². The molecule has 0 bridgehead atoms. The van der Waals surface area contributed by atoms with Crippen LogP contribution >= 0.6 is 0 Å². The summed E-state index contributed by atoms with van der Waals surface area (Å²) < 4.78 is 0. The summed E-state index contributed by atoms with van der Waals surface area (Å²) in [5.74, 6) is 0. The van der Waals surface area contributed by atoms with Crippen LogP contribution in [0, 0.1) is 0 Å². The van der Waals surface area contributed by atoms with Crippen LogP contribution in [0.25, 0.3) is 0 Å². The normalized spacial score (nSPS) is 12.4. The molecule has 0 unspecified atom stereocenters. The lowest BCUT2D eigenvalue weighted by Gasteiger charge is -2.38. The van der Waals surface area contributed by atoms with Gasteiger partial charge >= 0.3 is 0 Å². The van der Waals surface area contributed by atoms with E-state index >= 15 is 0 Å². The molecule has 0 spiro atoms. The summed E-state index contributed by atoms with van der Waals surface area (Å²) in [7, 11) is 0. The zero-order chi connectivity index (χ0) is 22.1. The first-order valence-electron chi connectivity index (χ1n) is 13.2. The van der Waals surface area contributed by atoms with Crippen molar-refractivity contribution < 1.29 is 0 Å². The molecule has 174 valence electrons. The Balaban J connectivity index is 1.98. The predicted molar refractivity (Wildman–Crippen MR) is 136 cm³/mol. The van der Waals surface area contributed by atoms with E-state index in [4.69, 9.17) is 0 Å². The SMILES string of the molecule is CCCCCCCCCCCCCCCCCC(C)(C)NC(C)(C)c1ccccc1. The Morgan fingerprint density at radius 2 is 0.967 bits per heavy atom. The molecule has 0 aromatic heterocycles. The Kier molecular flexibility index (Phi) is 14.4. The van der Waals surface area contributed by atoms with Crippen molar-refractivity contribution in [2.45, 2.75) is 148 Å². The molecule has 1 rings (SSSR count). The monoisotopic (exact) mass is 415 g/mol. The van der Waals surface area contributed by atoms with Crippen LogP contribution in [-0.4, -0.2) is 5.54 Å². The summed E-state index contributed by atoms with van der Waals surface area (Å²) in [6.45, 7) is 11.6. The van der Waals surface area contributed by atoms with Crippen LogP contribution < -0.4 is 5.32 Å². The van der Waals surface area contributed by atoms with Gasteiger partial charge in [-0.1, -0.05) is 134 Å². The summed E-state index contributed by atoms with van der Waals surface area (Å²) in [4.78, 5) is 0. The highest BCUT2D eigenvalue weighted by atomic mass is 15.0. The Morgan fingerprint density at radius 1 is 0.567 bits per heavy atom. The largest absolute Gasteiger partial charge is 0.303 e. The van der Waals surface area contributed by atoms with Gasteiger partial charge in [-0.15, -0.1) is 0 Å². The zero-order valence-corrected chi connectivity index (χ0v) is 21.2. The number of benzene rings is 1. The molecule has 1 N–H and O–H groups in total. The topological polar surface area (TPSA) is 12.0 Å². The van der Waals surface area contributed by atoms with Crippen molar-refractivity contribution in [2.24, 2.45) is 0 Å². The van der Waals surface area contributed by atoms with Gasteiger partial charge in [-0.05, 0) is 39.7 Å². The highest BCUT2D eigenvalue weighted by Crippen LogP contribution is 2.26. The molecule has 1 nitrogen and oxygen atoms in total. The van der Waals surface area contributed by atoms with Crippen molar-refractivity contribution >= 4 is 0 Å². The molecule has 0 aliphatic heterocycles. The van der Waals surface area contributed by atoms with Gasteiger partial charge in [-0.25, -0.2) is 0 Å². The van der Waals surface area contributed by atoms with Crippen LogP contribution in [0.15, 0.2) is 30.3 Å². The van der Waals surface area contributed by atoms with Crippen LogP contribution in [0.1, 0.15) is 143 Å². The molecule has 0 aliphatic carbocycles. The van der Waals surface area contributed by atoms with E-state index in [2.05, 4.69) is 70.3 Å². The number of unbranched alkanes of at least 4 members (excludes halogenated alkanes) is 14. The predicted octanol–water partition coefficient (Wildman–Crippen LogP) is 9.55. The van der Waals surface area contributed by atoms with E-state index in [-0.39, 0.29) is 11.1 Å². The molecular formula is C29H53N. The lowest BCUT2D eigenvalue weighted by Crippen LogP contribution is -2.50. The van der Waals surface area contributed by atoms with Gasteiger partial charge in [0.1, 0.15) is 0 Å². The number of rotatable bonds is 19.